The lowest BCUT2D eigenvalue weighted by molar-refractivity contribution is -0.140. The van der Waals surface area contributed by atoms with E-state index in [1.807, 2.05) is 37.3 Å². The minimum atomic E-state index is -4.00. The molecule has 9 heteroatoms. The summed E-state index contributed by atoms with van der Waals surface area (Å²) in [5.41, 5.74) is -0.149. The van der Waals surface area contributed by atoms with Crippen molar-refractivity contribution in [2.75, 3.05) is 0 Å². The van der Waals surface area contributed by atoms with E-state index in [9.17, 15) is 18.3 Å². The number of aryl methyl sites for hydroxylation is 1. The van der Waals surface area contributed by atoms with Crippen LogP contribution in [0.4, 0.5) is 0 Å². The first-order valence-corrected chi connectivity index (χ1v) is 11.5. The maximum atomic E-state index is 12.9. The monoisotopic (exact) mass is 432 g/mol. The number of nitrogens with one attached hydrogen (secondary N) is 1. The smallest absolute Gasteiger partial charge is 0.325 e. The predicted molar refractivity (Wildman–Crippen MR) is 108 cm³/mol. The Morgan fingerprint density at radius 3 is 2.76 bits per heavy atom. The number of hydrogen-bond acceptors (Lipinski definition) is 6. The molecule has 4 rings (SSSR count). The summed E-state index contributed by atoms with van der Waals surface area (Å²) in [6.45, 7) is 2.03. The van der Waals surface area contributed by atoms with Crippen molar-refractivity contribution >= 4 is 27.3 Å². The van der Waals surface area contributed by atoms with E-state index >= 15 is 0 Å². The molecule has 0 saturated heterocycles. The van der Waals surface area contributed by atoms with Gasteiger partial charge in [-0.2, -0.15) is 4.72 Å². The van der Waals surface area contributed by atoms with Gasteiger partial charge in [0.05, 0.1) is 4.88 Å². The third-order valence-corrected chi connectivity index (χ3v) is 8.12. The van der Waals surface area contributed by atoms with Crippen molar-refractivity contribution in [2.24, 2.45) is 0 Å². The van der Waals surface area contributed by atoms with Gasteiger partial charge in [-0.15, -0.1) is 11.3 Å². The molecule has 1 aromatic carbocycles. The summed E-state index contributed by atoms with van der Waals surface area (Å²) in [6.07, 6.45) is 1.89. The standard InChI is InChI=1S/C20H20N2O5S2/c1-2-6-14-11-16(21-27-14)17-9-10-18(28-17)29(25,26)22-20(19(23)24)12-15(20)13-7-4-3-5-8-13/h3-5,7-11,15,22H,2,6,12H2,1H3,(H,23,24)/t15-,20+/m1/s1. The quantitative estimate of drug-likeness (QED) is 0.562. The molecular formula is C20H20N2O5S2. The van der Waals surface area contributed by atoms with Gasteiger partial charge < -0.3 is 9.63 Å². The van der Waals surface area contributed by atoms with Crippen molar-refractivity contribution in [2.45, 2.75) is 41.9 Å². The highest BCUT2D eigenvalue weighted by Crippen LogP contribution is 2.52. The van der Waals surface area contributed by atoms with E-state index in [1.54, 1.807) is 12.1 Å². The molecule has 3 aromatic rings. The second kappa shape index (κ2) is 7.40. The number of carboxylic acid groups (broad SMARTS) is 1. The molecule has 2 N–H and O–H groups in total. The summed E-state index contributed by atoms with van der Waals surface area (Å²) in [7, 11) is -4.00. The molecule has 29 heavy (non-hydrogen) atoms. The number of rotatable bonds is 8. The van der Waals surface area contributed by atoms with Gasteiger partial charge in [-0.3, -0.25) is 4.79 Å². The van der Waals surface area contributed by atoms with Gasteiger partial charge in [0.25, 0.3) is 10.0 Å². The molecule has 0 amide bonds. The molecule has 2 aromatic heterocycles. The van der Waals surface area contributed by atoms with Gasteiger partial charge in [-0.25, -0.2) is 8.42 Å². The minimum absolute atomic E-state index is 0.0480. The highest BCUT2D eigenvalue weighted by molar-refractivity contribution is 7.91. The molecule has 0 bridgehead atoms. The third-order valence-electron chi connectivity index (χ3n) is 5.01. The fourth-order valence-corrected chi connectivity index (χ4v) is 6.09. The summed E-state index contributed by atoms with van der Waals surface area (Å²) in [5, 5.41) is 13.7. The molecule has 1 fully saturated rings. The number of aromatic nitrogens is 1. The van der Waals surface area contributed by atoms with Crippen molar-refractivity contribution in [1.29, 1.82) is 0 Å². The molecule has 2 atom stereocenters. The minimum Gasteiger partial charge on any atom is -0.480 e. The van der Waals surface area contributed by atoms with Crippen molar-refractivity contribution in [3.05, 3.63) is 59.9 Å². The summed E-state index contributed by atoms with van der Waals surface area (Å²) >= 11 is 1.04. The van der Waals surface area contributed by atoms with Crippen LogP contribution in [-0.2, 0) is 21.2 Å². The maximum absolute atomic E-state index is 12.9. The molecule has 0 aliphatic heterocycles. The number of carbonyl (C=O) groups is 1. The number of aliphatic carboxylic acids is 1. The van der Waals surface area contributed by atoms with Crippen LogP contribution >= 0.6 is 11.3 Å². The van der Waals surface area contributed by atoms with E-state index in [-0.39, 0.29) is 10.6 Å². The van der Waals surface area contributed by atoms with Crippen LogP contribution in [0.15, 0.2) is 57.3 Å². The number of benzene rings is 1. The van der Waals surface area contributed by atoms with Crippen molar-refractivity contribution in [3.8, 4) is 10.6 Å². The van der Waals surface area contributed by atoms with Crippen LogP contribution in [0.3, 0.4) is 0 Å². The SMILES string of the molecule is CCCc1cc(-c2ccc(S(=O)(=O)N[C@@]3(C(=O)O)C[C@@H]3c3ccccc3)s2)no1. The van der Waals surface area contributed by atoms with Crippen LogP contribution in [0.1, 0.15) is 37.0 Å². The molecule has 152 valence electrons. The lowest BCUT2D eigenvalue weighted by atomic mass is 10.1. The topological polar surface area (TPSA) is 110 Å². The van der Waals surface area contributed by atoms with Crippen LogP contribution < -0.4 is 4.72 Å². The summed E-state index contributed by atoms with van der Waals surface area (Å²) < 4.78 is 33.6. The molecule has 0 spiro atoms. The van der Waals surface area contributed by atoms with Gasteiger partial charge >= 0.3 is 5.97 Å². The second-order valence-electron chi connectivity index (χ2n) is 7.10. The third kappa shape index (κ3) is 3.73. The number of thiophene rings is 1. The van der Waals surface area contributed by atoms with Crippen LogP contribution in [-0.4, -0.2) is 30.2 Å². The number of hydrogen-bond donors (Lipinski definition) is 2. The van der Waals surface area contributed by atoms with Gasteiger partial charge in [0.1, 0.15) is 21.2 Å². The van der Waals surface area contributed by atoms with E-state index in [0.717, 1.165) is 35.5 Å². The Labute approximate surface area is 172 Å². The first-order chi connectivity index (χ1) is 13.9. The summed E-state index contributed by atoms with van der Waals surface area (Å²) in [4.78, 5) is 12.6. The fraction of sp³-hybridized carbons (Fsp3) is 0.300. The summed E-state index contributed by atoms with van der Waals surface area (Å²) in [6, 6.07) is 14.0. The fourth-order valence-electron chi connectivity index (χ4n) is 3.43. The van der Waals surface area contributed by atoms with Crippen LogP contribution in [0, 0.1) is 0 Å². The Kier molecular flexibility index (Phi) is 5.05. The Morgan fingerprint density at radius 1 is 1.31 bits per heavy atom. The van der Waals surface area contributed by atoms with Gasteiger partial charge in [0, 0.05) is 18.4 Å². The van der Waals surface area contributed by atoms with Gasteiger partial charge in [-0.05, 0) is 30.5 Å². The van der Waals surface area contributed by atoms with E-state index in [0.29, 0.717) is 10.6 Å². The normalized spacial score (nSPS) is 21.2. The Balaban J connectivity index is 1.57. The van der Waals surface area contributed by atoms with Crippen LogP contribution in [0.2, 0.25) is 0 Å². The highest BCUT2D eigenvalue weighted by atomic mass is 32.2. The molecular weight excluding hydrogens is 412 g/mol. The zero-order chi connectivity index (χ0) is 20.6. The first-order valence-electron chi connectivity index (χ1n) is 9.24. The first kappa shape index (κ1) is 19.8. The molecule has 1 aliphatic rings. The van der Waals surface area contributed by atoms with Crippen LogP contribution in [0.5, 0.6) is 0 Å². The largest absolute Gasteiger partial charge is 0.480 e. The number of nitrogens with zero attached hydrogens (tertiary/aromatic N) is 1. The van der Waals surface area contributed by atoms with Crippen LogP contribution in [0.25, 0.3) is 10.6 Å². The maximum Gasteiger partial charge on any atom is 0.325 e. The van der Waals surface area contributed by atoms with E-state index in [1.165, 1.54) is 6.07 Å². The molecule has 1 saturated carbocycles. The molecule has 1 aliphatic carbocycles. The average molecular weight is 433 g/mol. The molecule has 7 nitrogen and oxygen atoms in total. The Hall–Kier alpha value is -2.49. The molecule has 0 radical (unpaired) electrons. The van der Waals surface area contributed by atoms with Crippen molar-refractivity contribution in [3.63, 3.8) is 0 Å². The summed E-state index contributed by atoms with van der Waals surface area (Å²) in [5.74, 6) is -0.832. The number of carboxylic acids is 1. The predicted octanol–water partition coefficient (Wildman–Crippen LogP) is 3.64. The zero-order valence-corrected chi connectivity index (χ0v) is 17.3. The van der Waals surface area contributed by atoms with Gasteiger partial charge in [0.15, 0.2) is 0 Å². The second-order valence-corrected chi connectivity index (χ2v) is 10.1. The Morgan fingerprint density at radius 2 is 2.07 bits per heavy atom. The van der Waals surface area contributed by atoms with Gasteiger partial charge in [0.2, 0.25) is 0 Å². The zero-order valence-electron chi connectivity index (χ0n) is 15.7. The van der Waals surface area contributed by atoms with Crippen molar-refractivity contribution in [1.82, 2.24) is 9.88 Å². The van der Waals surface area contributed by atoms with Crippen molar-refractivity contribution < 1.29 is 22.8 Å². The van der Waals surface area contributed by atoms with Gasteiger partial charge in [-0.1, -0.05) is 42.4 Å². The lowest BCUT2D eigenvalue weighted by Crippen LogP contribution is -2.44. The van der Waals surface area contributed by atoms with E-state index < -0.39 is 27.4 Å². The van der Waals surface area contributed by atoms with E-state index in [2.05, 4.69) is 9.88 Å². The lowest BCUT2D eigenvalue weighted by Gasteiger charge is -2.14. The average Bonchev–Trinajstić information content (AvgIpc) is 3.04. The molecule has 0 unspecified atom stereocenters. The number of sulfonamides is 1. The molecule has 2 heterocycles. The highest BCUT2D eigenvalue weighted by Gasteiger charge is 2.63. The van der Waals surface area contributed by atoms with E-state index in [4.69, 9.17) is 4.52 Å². The Bertz CT molecular complexity index is 1140.